The summed E-state index contributed by atoms with van der Waals surface area (Å²) in [4.78, 5) is 8.85. The lowest BCUT2D eigenvalue weighted by Gasteiger charge is -2.19. The molecule has 2 heterocycles. The molecule has 1 atom stereocenters. The lowest BCUT2D eigenvalue weighted by atomic mass is 9.88. The fraction of sp³-hybridized carbons (Fsp3) is 0.417. The first-order valence-electron chi connectivity index (χ1n) is 5.66. The number of nitrogens with one attached hydrogen (secondary N) is 1. The number of rotatable bonds is 2. The van der Waals surface area contributed by atoms with Gasteiger partial charge in [0, 0.05) is 11.9 Å². The Balaban J connectivity index is 1.92. The van der Waals surface area contributed by atoms with Gasteiger partial charge in [-0.1, -0.05) is 0 Å². The number of hydrogen-bond acceptors (Lipinski definition) is 3. The summed E-state index contributed by atoms with van der Waals surface area (Å²) in [6, 6.07) is 2.27. The molecule has 84 valence electrons. The van der Waals surface area contributed by atoms with Gasteiger partial charge in [-0.2, -0.15) is 0 Å². The molecule has 0 saturated carbocycles. The normalized spacial score (nSPS) is 19.7. The summed E-state index contributed by atoms with van der Waals surface area (Å²) in [7, 11) is 0. The van der Waals surface area contributed by atoms with E-state index in [1.165, 1.54) is 28.2 Å². The Morgan fingerprint density at radius 2 is 2.50 bits per heavy atom. The smallest absolute Gasteiger partial charge is 0.0798 e. The van der Waals surface area contributed by atoms with Crippen molar-refractivity contribution in [2.45, 2.75) is 19.3 Å². The van der Waals surface area contributed by atoms with Gasteiger partial charge in [-0.25, -0.2) is 0 Å². The zero-order valence-corrected chi connectivity index (χ0v) is 9.89. The molecule has 1 aliphatic rings. The van der Waals surface area contributed by atoms with Crippen molar-refractivity contribution in [1.82, 2.24) is 9.97 Å². The third kappa shape index (κ3) is 1.68. The van der Waals surface area contributed by atoms with Gasteiger partial charge in [-0.05, 0) is 43.4 Å². The van der Waals surface area contributed by atoms with Crippen molar-refractivity contribution in [3.8, 4) is 10.6 Å². The highest BCUT2D eigenvalue weighted by molar-refractivity contribution is 7.13. The molecule has 2 aromatic heterocycles. The van der Waals surface area contributed by atoms with Crippen LogP contribution in [0.25, 0.3) is 10.6 Å². The molecule has 0 aliphatic heterocycles. The lowest BCUT2D eigenvalue weighted by Crippen LogP contribution is -2.21. The maximum absolute atomic E-state index is 5.74. The fourth-order valence-corrected chi connectivity index (χ4v) is 2.97. The standard InChI is InChI=1S/C12H15N3S/c13-5-8-1-2-9-4-11(15-10(9)3-8)12-6-14-7-16-12/h4,6-8,15H,1-3,5,13H2. The summed E-state index contributed by atoms with van der Waals surface area (Å²) < 4.78 is 0. The summed E-state index contributed by atoms with van der Waals surface area (Å²) in [6.07, 6.45) is 5.41. The van der Waals surface area contributed by atoms with E-state index >= 15 is 0 Å². The average molecular weight is 233 g/mol. The number of nitrogens with zero attached hydrogens (tertiary/aromatic N) is 1. The van der Waals surface area contributed by atoms with Crippen LogP contribution in [0.2, 0.25) is 0 Å². The Morgan fingerprint density at radius 1 is 1.56 bits per heavy atom. The Morgan fingerprint density at radius 3 is 3.25 bits per heavy atom. The Bertz CT molecular complexity index is 472. The van der Waals surface area contributed by atoms with E-state index in [9.17, 15) is 0 Å². The largest absolute Gasteiger partial charge is 0.357 e. The van der Waals surface area contributed by atoms with Crippen LogP contribution >= 0.6 is 11.3 Å². The minimum Gasteiger partial charge on any atom is -0.357 e. The molecule has 0 radical (unpaired) electrons. The molecule has 3 N–H and O–H groups in total. The van der Waals surface area contributed by atoms with Gasteiger partial charge in [-0.3, -0.25) is 4.98 Å². The predicted octanol–water partition coefficient (Wildman–Crippen LogP) is 2.20. The third-order valence-electron chi connectivity index (χ3n) is 3.34. The monoisotopic (exact) mass is 233 g/mol. The minimum atomic E-state index is 0.653. The van der Waals surface area contributed by atoms with Crippen molar-refractivity contribution in [2.24, 2.45) is 11.7 Å². The van der Waals surface area contributed by atoms with E-state index in [0.717, 1.165) is 19.4 Å². The first-order valence-corrected chi connectivity index (χ1v) is 6.54. The van der Waals surface area contributed by atoms with E-state index < -0.39 is 0 Å². The molecule has 1 unspecified atom stereocenters. The van der Waals surface area contributed by atoms with E-state index in [4.69, 9.17) is 5.73 Å². The zero-order valence-electron chi connectivity index (χ0n) is 9.07. The van der Waals surface area contributed by atoms with Gasteiger partial charge in [0.1, 0.15) is 0 Å². The Kier molecular flexibility index (Phi) is 2.53. The predicted molar refractivity (Wildman–Crippen MR) is 66.5 cm³/mol. The fourth-order valence-electron chi connectivity index (χ4n) is 2.38. The van der Waals surface area contributed by atoms with Gasteiger partial charge in [0.05, 0.1) is 16.1 Å². The number of H-pyrrole nitrogens is 1. The van der Waals surface area contributed by atoms with Gasteiger partial charge < -0.3 is 10.7 Å². The number of thiazole rings is 1. The zero-order chi connectivity index (χ0) is 11.0. The van der Waals surface area contributed by atoms with Crippen LogP contribution < -0.4 is 5.73 Å². The molecule has 1 aliphatic carbocycles. The first kappa shape index (κ1) is 10.1. The van der Waals surface area contributed by atoms with Crippen LogP contribution in [-0.4, -0.2) is 16.5 Å². The van der Waals surface area contributed by atoms with Crippen molar-refractivity contribution in [3.63, 3.8) is 0 Å². The van der Waals surface area contributed by atoms with E-state index in [1.54, 1.807) is 11.3 Å². The van der Waals surface area contributed by atoms with Gasteiger partial charge >= 0.3 is 0 Å². The number of aromatic amines is 1. The number of aryl methyl sites for hydroxylation is 1. The van der Waals surface area contributed by atoms with Gasteiger partial charge in [-0.15, -0.1) is 11.3 Å². The molecule has 0 spiro atoms. The van der Waals surface area contributed by atoms with Crippen molar-refractivity contribution < 1.29 is 0 Å². The van der Waals surface area contributed by atoms with Crippen LogP contribution in [0.1, 0.15) is 17.7 Å². The SMILES string of the molecule is NCC1CCc2cc(-c3cncs3)[nH]c2C1. The topological polar surface area (TPSA) is 54.7 Å². The van der Waals surface area contributed by atoms with Crippen molar-refractivity contribution in [3.05, 3.63) is 29.0 Å². The van der Waals surface area contributed by atoms with Crippen molar-refractivity contribution >= 4 is 11.3 Å². The van der Waals surface area contributed by atoms with E-state index in [-0.39, 0.29) is 0 Å². The first-order chi connectivity index (χ1) is 7.86. The van der Waals surface area contributed by atoms with Gasteiger partial charge in [0.25, 0.3) is 0 Å². The van der Waals surface area contributed by atoms with Crippen LogP contribution in [0, 0.1) is 5.92 Å². The maximum Gasteiger partial charge on any atom is 0.0798 e. The maximum atomic E-state index is 5.74. The van der Waals surface area contributed by atoms with Crippen molar-refractivity contribution in [2.75, 3.05) is 6.54 Å². The van der Waals surface area contributed by atoms with Crippen LogP contribution in [0.15, 0.2) is 17.8 Å². The molecule has 3 nitrogen and oxygen atoms in total. The van der Waals surface area contributed by atoms with E-state index in [2.05, 4.69) is 16.0 Å². The van der Waals surface area contributed by atoms with Crippen LogP contribution in [-0.2, 0) is 12.8 Å². The number of nitrogens with two attached hydrogens (primary N) is 1. The molecule has 0 fully saturated rings. The molecule has 16 heavy (non-hydrogen) atoms. The van der Waals surface area contributed by atoms with Crippen molar-refractivity contribution in [1.29, 1.82) is 0 Å². The van der Waals surface area contributed by atoms with Gasteiger partial charge in [0.2, 0.25) is 0 Å². The summed E-state index contributed by atoms with van der Waals surface area (Å²) in [5, 5.41) is 0. The molecule has 0 saturated heterocycles. The average Bonchev–Trinajstić information content (AvgIpc) is 2.96. The molecule has 2 aromatic rings. The molecule has 0 amide bonds. The molecular formula is C12H15N3S. The molecule has 0 aromatic carbocycles. The highest BCUT2D eigenvalue weighted by atomic mass is 32.1. The Labute approximate surface area is 98.7 Å². The highest BCUT2D eigenvalue weighted by Crippen LogP contribution is 2.30. The Hall–Kier alpha value is -1.13. The summed E-state index contributed by atoms with van der Waals surface area (Å²) >= 11 is 1.68. The summed E-state index contributed by atoms with van der Waals surface area (Å²) in [6.45, 7) is 0.800. The lowest BCUT2D eigenvalue weighted by molar-refractivity contribution is 0.465. The molecule has 0 bridgehead atoms. The second-order valence-corrected chi connectivity index (χ2v) is 5.28. The van der Waals surface area contributed by atoms with E-state index in [1.807, 2.05) is 11.7 Å². The van der Waals surface area contributed by atoms with Crippen LogP contribution in [0.5, 0.6) is 0 Å². The number of aromatic nitrogens is 2. The molecular weight excluding hydrogens is 218 g/mol. The quantitative estimate of drug-likeness (QED) is 0.835. The number of hydrogen-bond donors (Lipinski definition) is 2. The van der Waals surface area contributed by atoms with E-state index in [0.29, 0.717) is 5.92 Å². The van der Waals surface area contributed by atoms with Crippen LogP contribution in [0.3, 0.4) is 0 Å². The van der Waals surface area contributed by atoms with Crippen LogP contribution in [0.4, 0.5) is 0 Å². The second kappa shape index (κ2) is 4.03. The molecule has 4 heteroatoms. The summed E-state index contributed by atoms with van der Waals surface area (Å²) in [5.74, 6) is 0.653. The minimum absolute atomic E-state index is 0.653. The van der Waals surface area contributed by atoms with Gasteiger partial charge in [0.15, 0.2) is 0 Å². The number of fused-ring (bicyclic) bond motifs is 1. The third-order valence-corrected chi connectivity index (χ3v) is 4.14. The second-order valence-electron chi connectivity index (χ2n) is 4.40. The molecule has 3 rings (SSSR count). The summed E-state index contributed by atoms with van der Waals surface area (Å²) in [5.41, 5.74) is 11.7. The highest BCUT2D eigenvalue weighted by Gasteiger charge is 2.20.